The lowest BCUT2D eigenvalue weighted by molar-refractivity contribution is -0.126. The monoisotopic (exact) mass is 517 g/mol. The molecule has 186 valence electrons. The number of rotatable bonds is 8. The number of sulfonamides is 1. The maximum atomic E-state index is 13.9. The van der Waals surface area contributed by atoms with Gasteiger partial charge < -0.3 is 9.84 Å². The molecule has 0 saturated carbocycles. The fourth-order valence-electron chi connectivity index (χ4n) is 4.17. The topological polar surface area (TPSA) is 92.5 Å². The number of hydrogen-bond donors (Lipinski definition) is 1. The Bertz CT molecular complexity index is 1320. The number of aryl methyl sites for hydroxylation is 2. The van der Waals surface area contributed by atoms with Crippen molar-refractivity contribution in [3.05, 3.63) is 69.0 Å². The van der Waals surface area contributed by atoms with Crippen LogP contribution >= 0.6 is 11.3 Å². The van der Waals surface area contributed by atoms with Crippen molar-refractivity contribution in [3.8, 4) is 0 Å². The van der Waals surface area contributed by atoms with Crippen molar-refractivity contribution in [3.63, 3.8) is 0 Å². The molecule has 4 rings (SSSR count). The van der Waals surface area contributed by atoms with Gasteiger partial charge in [0.2, 0.25) is 15.9 Å². The second-order valence-electron chi connectivity index (χ2n) is 8.56. The SMILES string of the molecule is Cc1ccsc1CCNC(=O)C1CCN(S(=O)(=O)c2c(C)noc2C=Cc2ccccc2F)CC1. The molecule has 1 aliphatic heterocycles. The predicted octanol–water partition coefficient (Wildman–Crippen LogP) is 4.42. The molecule has 10 heteroatoms. The van der Waals surface area contributed by atoms with E-state index in [0.717, 1.165) is 6.42 Å². The van der Waals surface area contributed by atoms with Crippen LogP contribution in [0.1, 0.15) is 40.3 Å². The first kappa shape index (κ1) is 25.3. The standard InChI is InChI=1S/C25H28FN3O4S2/c1-17-12-16-34-23(17)9-13-27-25(30)20-10-14-29(15-11-20)35(31,32)24-18(2)28-33-22(24)8-7-19-5-3-4-6-21(19)26/h3-8,12,16,20H,9-11,13-15H2,1-2H3,(H,27,30). The van der Waals surface area contributed by atoms with Crippen molar-refractivity contribution in [2.75, 3.05) is 19.6 Å². The van der Waals surface area contributed by atoms with E-state index in [1.165, 1.54) is 33.0 Å². The minimum absolute atomic E-state index is 0.0284. The van der Waals surface area contributed by atoms with Gasteiger partial charge in [-0.2, -0.15) is 4.31 Å². The van der Waals surface area contributed by atoms with Crippen LogP contribution < -0.4 is 5.32 Å². The Kier molecular flexibility index (Phi) is 7.83. The van der Waals surface area contributed by atoms with Crippen LogP contribution in [0.15, 0.2) is 45.1 Å². The Morgan fingerprint density at radius 2 is 1.97 bits per heavy atom. The molecule has 1 N–H and O–H groups in total. The summed E-state index contributed by atoms with van der Waals surface area (Å²) in [6.45, 7) is 4.64. The number of nitrogens with one attached hydrogen (secondary N) is 1. The van der Waals surface area contributed by atoms with Gasteiger partial charge >= 0.3 is 0 Å². The highest BCUT2D eigenvalue weighted by atomic mass is 32.2. The van der Waals surface area contributed by atoms with E-state index in [4.69, 9.17) is 4.52 Å². The van der Waals surface area contributed by atoms with E-state index in [0.29, 0.717) is 24.9 Å². The molecule has 1 amide bonds. The zero-order valence-corrected chi connectivity index (χ0v) is 21.3. The van der Waals surface area contributed by atoms with Crippen LogP contribution in [0.5, 0.6) is 0 Å². The molecular weight excluding hydrogens is 489 g/mol. The Morgan fingerprint density at radius 3 is 2.66 bits per heavy atom. The maximum Gasteiger partial charge on any atom is 0.248 e. The van der Waals surface area contributed by atoms with Crippen LogP contribution in [0.2, 0.25) is 0 Å². The fraction of sp³-hybridized carbons (Fsp3) is 0.360. The molecule has 1 aliphatic rings. The highest BCUT2D eigenvalue weighted by molar-refractivity contribution is 7.89. The molecule has 1 fully saturated rings. The summed E-state index contributed by atoms with van der Waals surface area (Å²) in [6, 6.07) is 8.24. The minimum Gasteiger partial charge on any atom is -0.355 e. The van der Waals surface area contributed by atoms with E-state index in [1.54, 1.807) is 36.5 Å². The summed E-state index contributed by atoms with van der Waals surface area (Å²) in [5.74, 6) is -0.634. The molecule has 0 atom stereocenters. The van der Waals surface area contributed by atoms with Crippen molar-refractivity contribution in [1.82, 2.24) is 14.8 Å². The quantitative estimate of drug-likeness (QED) is 0.478. The third kappa shape index (κ3) is 5.71. The summed E-state index contributed by atoms with van der Waals surface area (Å²) >= 11 is 1.68. The number of thiophene rings is 1. The third-order valence-electron chi connectivity index (χ3n) is 6.19. The van der Waals surface area contributed by atoms with Crippen molar-refractivity contribution >= 4 is 39.4 Å². The van der Waals surface area contributed by atoms with E-state index in [9.17, 15) is 17.6 Å². The van der Waals surface area contributed by atoms with Gasteiger partial charge in [0.05, 0.1) is 0 Å². The molecule has 0 spiro atoms. The normalized spacial score (nSPS) is 15.6. The van der Waals surface area contributed by atoms with E-state index in [2.05, 4.69) is 23.5 Å². The van der Waals surface area contributed by atoms with Crippen LogP contribution in [0.4, 0.5) is 4.39 Å². The van der Waals surface area contributed by atoms with Crippen LogP contribution in [0, 0.1) is 25.6 Å². The number of carbonyl (C=O) groups excluding carboxylic acids is 1. The van der Waals surface area contributed by atoms with Gasteiger partial charge in [0, 0.05) is 36.0 Å². The summed E-state index contributed by atoms with van der Waals surface area (Å²) in [4.78, 5) is 13.8. The molecule has 0 aliphatic carbocycles. The predicted molar refractivity (Wildman–Crippen MR) is 134 cm³/mol. The summed E-state index contributed by atoms with van der Waals surface area (Å²) < 4.78 is 47.3. The molecular formula is C25H28FN3O4S2. The number of benzene rings is 1. The van der Waals surface area contributed by atoms with Gasteiger partial charge in [0.25, 0.3) is 0 Å². The number of hydrogen-bond acceptors (Lipinski definition) is 6. The first-order valence-electron chi connectivity index (χ1n) is 11.5. The van der Waals surface area contributed by atoms with E-state index >= 15 is 0 Å². The fourth-order valence-corrected chi connectivity index (χ4v) is 6.80. The van der Waals surface area contributed by atoms with E-state index < -0.39 is 15.8 Å². The van der Waals surface area contributed by atoms with Crippen LogP contribution in [-0.4, -0.2) is 43.4 Å². The van der Waals surface area contributed by atoms with E-state index in [-0.39, 0.29) is 41.3 Å². The molecule has 0 unspecified atom stereocenters. The average Bonchev–Trinajstić information content (AvgIpc) is 3.43. The highest BCUT2D eigenvalue weighted by Gasteiger charge is 2.35. The summed E-state index contributed by atoms with van der Waals surface area (Å²) in [5, 5.41) is 8.86. The first-order chi connectivity index (χ1) is 16.8. The number of halogens is 1. The smallest absolute Gasteiger partial charge is 0.248 e. The minimum atomic E-state index is -3.89. The molecule has 1 aromatic carbocycles. The number of piperidine rings is 1. The Hall–Kier alpha value is -2.82. The van der Waals surface area contributed by atoms with Gasteiger partial charge in [-0.1, -0.05) is 23.4 Å². The van der Waals surface area contributed by atoms with Crippen LogP contribution in [0.3, 0.4) is 0 Å². The average molecular weight is 518 g/mol. The summed E-state index contributed by atoms with van der Waals surface area (Å²) in [7, 11) is -3.89. The lowest BCUT2D eigenvalue weighted by Crippen LogP contribution is -2.43. The molecule has 1 saturated heterocycles. The van der Waals surface area contributed by atoms with Crippen molar-refractivity contribution in [2.24, 2.45) is 5.92 Å². The van der Waals surface area contributed by atoms with Crippen LogP contribution in [-0.2, 0) is 21.2 Å². The number of amides is 1. The molecule has 0 bridgehead atoms. The second-order valence-corrected chi connectivity index (χ2v) is 11.4. The lowest BCUT2D eigenvalue weighted by atomic mass is 9.97. The zero-order valence-electron chi connectivity index (χ0n) is 19.7. The summed E-state index contributed by atoms with van der Waals surface area (Å²) in [5.41, 5.74) is 1.78. The number of aromatic nitrogens is 1. The molecule has 2 aromatic heterocycles. The third-order valence-corrected chi connectivity index (χ3v) is 9.34. The van der Waals surface area contributed by atoms with Gasteiger partial charge in [0.15, 0.2) is 10.7 Å². The number of nitrogens with zero attached hydrogens (tertiary/aromatic N) is 2. The molecule has 35 heavy (non-hydrogen) atoms. The van der Waals surface area contributed by atoms with Crippen molar-refractivity contribution in [2.45, 2.75) is 38.0 Å². The molecule has 3 aromatic rings. The highest BCUT2D eigenvalue weighted by Crippen LogP contribution is 2.29. The van der Waals surface area contributed by atoms with Crippen LogP contribution in [0.25, 0.3) is 12.2 Å². The van der Waals surface area contributed by atoms with Gasteiger partial charge in [0.1, 0.15) is 11.5 Å². The van der Waals surface area contributed by atoms with Gasteiger partial charge in [-0.3, -0.25) is 4.79 Å². The van der Waals surface area contributed by atoms with Crippen molar-refractivity contribution < 1.29 is 22.1 Å². The van der Waals surface area contributed by atoms with Crippen molar-refractivity contribution in [1.29, 1.82) is 0 Å². The molecule has 0 radical (unpaired) electrons. The Balaban J connectivity index is 1.38. The largest absolute Gasteiger partial charge is 0.355 e. The van der Waals surface area contributed by atoms with Gasteiger partial charge in [-0.25, -0.2) is 12.8 Å². The lowest BCUT2D eigenvalue weighted by Gasteiger charge is -2.30. The first-order valence-corrected chi connectivity index (χ1v) is 13.8. The zero-order chi connectivity index (χ0) is 25.0. The number of carbonyl (C=O) groups is 1. The van der Waals surface area contributed by atoms with E-state index in [1.807, 2.05) is 5.38 Å². The van der Waals surface area contributed by atoms with Gasteiger partial charge in [-0.15, -0.1) is 11.3 Å². The second kappa shape index (κ2) is 10.8. The van der Waals surface area contributed by atoms with Gasteiger partial charge in [-0.05, 0) is 68.3 Å². The Morgan fingerprint density at radius 1 is 1.23 bits per heavy atom. The Labute approximate surface area is 208 Å². The molecule has 3 heterocycles. The summed E-state index contributed by atoms with van der Waals surface area (Å²) in [6.07, 6.45) is 4.55. The molecule has 7 nitrogen and oxygen atoms in total. The maximum absolute atomic E-state index is 13.9.